The van der Waals surface area contributed by atoms with Crippen LogP contribution in [0.15, 0.2) is 12.1 Å². The summed E-state index contributed by atoms with van der Waals surface area (Å²) in [5.74, 6) is 0.464. The fourth-order valence-corrected chi connectivity index (χ4v) is 6.09. The van der Waals surface area contributed by atoms with Gasteiger partial charge in [0.05, 0.1) is 36.7 Å². The van der Waals surface area contributed by atoms with Crippen molar-refractivity contribution in [1.29, 1.82) is 0 Å². The van der Waals surface area contributed by atoms with Gasteiger partial charge in [0.1, 0.15) is 0 Å². The van der Waals surface area contributed by atoms with E-state index in [0.29, 0.717) is 11.1 Å². The van der Waals surface area contributed by atoms with E-state index in [1.54, 1.807) is 6.92 Å². The van der Waals surface area contributed by atoms with E-state index in [4.69, 9.17) is 95.0 Å². The van der Waals surface area contributed by atoms with Crippen LogP contribution in [-0.2, 0) is 22.8 Å². The second-order valence-corrected chi connectivity index (χ2v) is 10.4. The maximum absolute atomic E-state index is 6.39. The molecule has 11 heteroatoms. The molecule has 0 fully saturated rings. The molecule has 2 aromatic carbocycles. The van der Waals surface area contributed by atoms with Crippen LogP contribution in [0.1, 0.15) is 18.1 Å². The largest absolute Gasteiger partial charge is 0.435 e. The van der Waals surface area contributed by atoms with E-state index in [9.17, 15) is 0 Å². The van der Waals surface area contributed by atoms with Crippen molar-refractivity contribution >= 4 is 88.1 Å². The standard InChI is InChI=1S/C15H9Cl6O3PS/c1-2-22-25(26)23-14-6(12(20)8(16)4-10(14)18)3-7-13(21)9(17)5-11(19)15(7)24-25/h4-5H,2-3H2,1H3. The van der Waals surface area contributed by atoms with E-state index >= 15 is 0 Å². The zero-order chi connectivity index (χ0) is 19.2. The van der Waals surface area contributed by atoms with Gasteiger partial charge >= 0.3 is 6.72 Å². The first-order valence-electron chi connectivity index (χ1n) is 7.13. The van der Waals surface area contributed by atoms with Crippen molar-refractivity contribution in [3.8, 4) is 11.5 Å². The highest BCUT2D eigenvalue weighted by Gasteiger charge is 2.34. The smallest absolute Gasteiger partial charge is 0.414 e. The van der Waals surface area contributed by atoms with Crippen LogP contribution in [-0.4, -0.2) is 6.61 Å². The summed E-state index contributed by atoms with van der Waals surface area (Å²) < 4.78 is 17.4. The van der Waals surface area contributed by atoms with Crippen LogP contribution < -0.4 is 9.05 Å². The monoisotopic (exact) mass is 510 g/mol. The number of hydrogen-bond acceptors (Lipinski definition) is 4. The molecule has 0 aromatic heterocycles. The molecule has 0 bridgehead atoms. The van der Waals surface area contributed by atoms with Crippen LogP contribution in [0, 0.1) is 0 Å². The van der Waals surface area contributed by atoms with Gasteiger partial charge in [-0.1, -0.05) is 69.6 Å². The molecule has 0 radical (unpaired) electrons. The van der Waals surface area contributed by atoms with E-state index < -0.39 is 6.72 Å². The second kappa shape index (κ2) is 8.02. The average Bonchev–Trinajstić information content (AvgIpc) is 2.54. The Kier molecular flexibility index (Phi) is 6.51. The summed E-state index contributed by atoms with van der Waals surface area (Å²) in [7, 11) is 0. The number of halogens is 6. The van der Waals surface area contributed by atoms with Gasteiger partial charge in [-0.3, -0.25) is 4.52 Å². The van der Waals surface area contributed by atoms with Gasteiger partial charge < -0.3 is 9.05 Å². The Bertz CT molecular complexity index is 882. The van der Waals surface area contributed by atoms with E-state index in [1.165, 1.54) is 12.1 Å². The van der Waals surface area contributed by atoms with Crippen molar-refractivity contribution in [1.82, 2.24) is 0 Å². The lowest BCUT2D eigenvalue weighted by Crippen LogP contribution is -2.12. The molecule has 140 valence electrons. The number of benzene rings is 2. The molecule has 1 heterocycles. The molecule has 0 atom stereocenters. The quantitative estimate of drug-likeness (QED) is 0.299. The number of fused-ring (bicyclic) bond motifs is 2. The lowest BCUT2D eigenvalue weighted by Gasteiger charge is -2.29. The Morgan fingerprint density at radius 3 is 1.69 bits per heavy atom. The first kappa shape index (κ1) is 21.1. The molecule has 1 aliphatic rings. The molecule has 0 saturated carbocycles. The predicted octanol–water partition coefficient (Wildman–Crippen LogP) is 8.23. The van der Waals surface area contributed by atoms with Crippen LogP contribution in [0.25, 0.3) is 0 Å². The van der Waals surface area contributed by atoms with Crippen molar-refractivity contribution in [3.05, 3.63) is 53.4 Å². The highest BCUT2D eigenvalue weighted by atomic mass is 35.5. The van der Waals surface area contributed by atoms with E-state index in [-0.39, 0.29) is 54.7 Å². The van der Waals surface area contributed by atoms with Crippen LogP contribution in [0.2, 0.25) is 30.1 Å². The summed E-state index contributed by atoms with van der Waals surface area (Å²) in [4.78, 5) is 0. The molecule has 2 aromatic rings. The van der Waals surface area contributed by atoms with Crippen molar-refractivity contribution < 1.29 is 13.6 Å². The zero-order valence-corrected chi connectivity index (χ0v) is 19.2. The van der Waals surface area contributed by atoms with Crippen molar-refractivity contribution in [2.24, 2.45) is 0 Å². The topological polar surface area (TPSA) is 27.7 Å². The minimum absolute atomic E-state index is 0.171. The Morgan fingerprint density at radius 1 is 0.885 bits per heavy atom. The molecular weight excluding hydrogens is 504 g/mol. The minimum Gasteiger partial charge on any atom is -0.414 e. The molecule has 0 N–H and O–H groups in total. The van der Waals surface area contributed by atoms with Gasteiger partial charge in [0.15, 0.2) is 11.5 Å². The van der Waals surface area contributed by atoms with Crippen LogP contribution in [0.3, 0.4) is 0 Å². The predicted molar refractivity (Wildman–Crippen MR) is 113 cm³/mol. The van der Waals surface area contributed by atoms with Gasteiger partial charge in [-0.2, -0.15) is 0 Å². The fourth-order valence-electron chi connectivity index (χ4n) is 2.40. The minimum atomic E-state index is -3.31. The third-order valence-corrected chi connectivity index (χ3v) is 7.85. The lowest BCUT2D eigenvalue weighted by molar-refractivity contribution is 0.274. The van der Waals surface area contributed by atoms with Gasteiger partial charge in [0, 0.05) is 29.4 Å². The molecule has 1 aliphatic heterocycles. The normalized spacial score (nSPS) is 15.2. The highest BCUT2D eigenvalue weighted by Crippen LogP contribution is 2.58. The first-order valence-corrected chi connectivity index (χ1v) is 12.0. The molecule has 3 rings (SSSR count). The maximum Gasteiger partial charge on any atom is 0.435 e. The molecule has 3 nitrogen and oxygen atoms in total. The SMILES string of the molecule is CCOP1(=S)Oc2c(Cl)cc(Cl)c(Cl)c2Cc2c(Cl)c(Cl)cc(Cl)c2O1. The lowest BCUT2D eigenvalue weighted by atomic mass is 10.0. The first-order chi connectivity index (χ1) is 12.2. The summed E-state index contributed by atoms with van der Waals surface area (Å²) in [5, 5.41) is 1.47. The third-order valence-electron chi connectivity index (χ3n) is 3.49. The summed E-state index contributed by atoms with van der Waals surface area (Å²) in [6.45, 7) is -1.30. The number of rotatable bonds is 2. The van der Waals surface area contributed by atoms with E-state index in [2.05, 4.69) is 0 Å². The Hall–Kier alpha value is 0.390. The molecule has 26 heavy (non-hydrogen) atoms. The van der Waals surface area contributed by atoms with E-state index in [0.717, 1.165) is 0 Å². The maximum atomic E-state index is 6.39. The van der Waals surface area contributed by atoms with Crippen LogP contribution in [0.5, 0.6) is 11.5 Å². The van der Waals surface area contributed by atoms with Crippen LogP contribution in [0.4, 0.5) is 0 Å². The van der Waals surface area contributed by atoms with Crippen LogP contribution >= 0.6 is 76.3 Å². The summed E-state index contributed by atoms with van der Waals surface area (Å²) in [6, 6.07) is 2.93. The van der Waals surface area contributed by atoms with Crippen molar-refractivity contribution in [2.45, 2.75) is 13.3 Å². The third kappa shape index (κ3) is 3.91. The van der Waals surface area contributed by atoms with Gasteiger partial charge in [0.2, 0.25) is 0 Å². The molecule has 0 spiro atoms. The van der Waals surface area contributed by atoms with Crippen molar-refractivity contribution in [3.63, 3.8) is 0 Å². The molecule has 0 unspecified atom stereocenters. The zero-order valence-electron chi connectivity index (χ0n) is 12.9. The van der Waals surface area contributed by atoms with Gasteiger partial charge in [0.25, 0.3) is 0 Å². The fraction of sp³-hybridized carbons (Fsp3) is 0.200. The molecule has 0 amide bonds. The number of hydrogen-bond donors (Lipinski definition) is 0. The summed E-state index contributed by atoms with van der Waals surface area (Å²) in [5.41, 5.74) is 0.978. The molecule has 0 aliphatic carbocycles. The van der Waals surface area contributed by atoms with Gasteiger partial charge in [-0.25, -0.2) is 0 Å². The Balaban J connectivity index is 2.35. The van der Waals surface area contributed by atoms with Gasteiger partial charge in [-0.05, 0) is 19.1 Å². The Labute approximate surface area is 185 Å². The summed E-state index contributed by atoms with van der Waals surface area (Å²) in [6.07, 6.45) is 0.171. The second-order valence-electron chi connectivity index (χ2n) is 5.15. The average molecular weight is 513 g/mol. The molecule has 0 saturated heterocycles. The van der Waals surface area contributed by atoms with Gasteiger partial charge in [-0.15, -0.1) is 0 Å². The Morgan fingerprint density at radius 2 is 1.31 bits per heavy atom. The molecular formula is C15H9Cl6O3PS. The summed E-state index contributed by atoms with van der Waals surface area (Å²) >= 11 is 43.2. The van der Waals surface area contributed by atoms with Crippen molar-refractivity contribution in [2.75, 3.05) is 6.61 Å². The highest BCUT2D eigenvalue weighted by molar-refractivity contribution is 8.07. The van der Waals surface area contributed by atoms with E-state index in [1.807, 2.05) is 0 Å².